The number of hydrazone groups is 1. The predicted octanol–water partition coefficient (Wildman–Crippen LogP) is 4.35. The van der Waals surface area contributed by atoms with Gasteiger partial charge in [-0.3, -0.25) is 9.80 Å². The van der Waals surface area contributed by atoms with Crippen LogP contribution < -0.4 is 10.2 Å². The molecule has 3 aromatic carbocycles. The lowest BCUT2D eigenvalue weighted by Gasteiger charge is -2.37. The van der Waals surface area contributed by atoms with Gasteiger partial charge in [0.1, 0.15) is 30.2 Å². The van der Waals surface area contributed by atoms with E-state index in [1.54, 1.807) is 60.7 Å². The topological polar surface area (TPSA) is 68.2 Å². The molecule has 0 radical (unpaired) electrons. The van der Waals surface area contributed by atoms with E-state index in [-0.39, 0.29) is 18.8 Å². The van der Waals surface area contributed by atoms with Crippen molar-refractivity contribution < 1.29 is 18.7 Å². The Bertz CT molecular complexity index is 1190. The number of nitrogens with zero attached hydrogens (tertiary/aromatic N) is 3. The van der Waals surface area contributed by atoms with Crippen molar-refractivity contribution in [1.82, 2.24) is 10.3 Å². The predicted molar refractivity (Wildman–Crippen MR) is 128 cm³/mol. The maximum absolute atomic E-state index is 14.8. The van der Waals surface area contributed by atoms with Gasteiger partial charge in [-0.05, 0) is 49.4 Å². The molecule has 0 fully saturated rings. The third-order valence-corrected chi connectivity index (χ3v) is 6.00. The van der Waals surface area contributed by atoms with Gasteiger partial charge in [0.2, 0.25) is 0 Å². The summed E-state index contributed by atoms with van der Waals surface area (Å²) in [5.74, 6) is -2.11. The molecule has 0 aromatic heterocycles. The molecule has 1 heterocycles. The lowest BCUT2D eigenvalue weighted by molar-refractivity contribution is -0.0274. The molecule has 1 amide bonds. The summed E-state index contributed by atoms with van der Waals surface area (Å²) < 4.78 is 28.4. The average molecular weight is 485 g/mol. The number of β-amino-alcohol motifs (C(OH)–C–C–N with tert-alkyl or cyclic N) is 1. The highest BCUT2D eigenvalue weighted by Crippen LogP contribution is 2.31. The van der Waals surface area contributed by atoms with Crippen molar-refractivity contribution in [1.29, 1.82) is 0 Å². The monoisotopic (exact) mass is 484 g/mol. The first-order valence-electron chi connectivity index (χ1n) is 10.6. The van der Waals surface area contributed by atoms with Crippen molar-refractivity contribution in [3.63, 3.8) is 0 Å². The Morgan fingerprint density at radius 2 is 1.85 bits per heavy atom. The SMILES string of the molecule is C[C@@H](NC(=O)c1ccccc1)[C@](O)(CN1CN(c2ccc(Cl)cc2)C=N1)c1ccc(F)cc1F. The molecule has 0 spiro atoms. The van der Waals surface area contributed by atoms with E-state index in [0.29, 0.717) is 16.7 Å². The number of rotatable bonds is 7. The first-order chi connectivity index (χ1) is 16.3. The Labute approximate surface area is 201 Å². The number of aliphatic hydroxyl groups is 1. The second-order valence-corrected chi connectivity index (χ2v) is 8.53. The number of hydrogen-bond acceptors (Lipinski definition) is 5. The van der Waals surface area contributed by atoms with Gasteiger partial charge in [-0.25, -0.2) is 8.78 Å². The molecular weight excluding hydrogens is 462 g/mol. The minimum atomic E-state index is -1.92. The molecule has 0 aliphatic carbocycles. The zero-order valence-electron chi connectivity index (χ0n) is 18.3. The van der Waals surface area contributed by atoms with Gasteiger partial charge in [0.05, 0.1) is 12.6 Å². The van der Waals surface area contributed by atoms with Gasteiger partial charge in [0.15, 0.2) is 0 Å². The molecule has 0 saturated heterocycles. The summed E-state index contributed by atoms with van der Waals surface area (Å²) in [6.45, 7) is 1.68. The fourth-order valence-electron chi connectivity index (χ4n) is 3.82. The van der Waals surface area contributed by atoms with Crippen molar-refractivity contribution in [2.75, 3.05) is 18.1 Å². The maximum Gasteiger partial charge on any atom is 0.251 e. The van der Waals surface area contributed by atoms with Gasteiger partial charge in [-0.2, -0.15) is 5.10 Å². The highest BCUT2D eigenvalue weighted by molar-refractivity contribution is 6.30. The van der Waals surface area contributed by atoms with Gasteiger partial charge in [0.25, 0.3) is 5.91 Å². The number of carbonyl (C=O) groups is 1. The summed E-state index contributed by atoms with van der Waals surface area (Å²) in [6, 6.07) is 17.7. The number of amides is 1. The van der Waals surface area contributed by atoms with Crippen LogP contribution in [0, 0.1) is 11.6 Å². The Morgan fingerprint density at radius 1 is 1.15 bits per heavy atom. The fraction of sp³-hybridized carbons (Fsp3) is 0.200. The van der Waals surface area contributed by atoms with E-state index >= 15 is 0 Å². The van der Waals surface area contributed by atoms with Crippen LogP contribution in [-0.4, -0.2) is 41.6 Å². The van der Waals surface area contributed by atoms with Crippen molar-refractivity contribution in [2.24, 2.45) is 5.10 Å². The van der Waals surface area contributed by atoms with E-state index in [0.717, 1.165) is 11.8 Å². The second-order valence-electron chi connectivity index (χ2n) is 8.09. The molecule has 1 aliphatic rings. The summed E-state index contributed by atoms with van der Waals surface area (Å²) in [5.41, 5.74) is -0.841. The van der Waals surface area contributed by atoms with Crippen LogP contribution in [0.1, 0.15) is 22.8 Å². The van der Waals surface area contributed by atoms with Gasteiger partial charge in [-0.15, -0.1) is 0 Å². The Morgan fingerprint density at radius 3 is 2.53 bits per heavy atom. The molecule has 2 atom stereocenters. The Hall–Kier alpha value is -3.49. The summed E-state index contributed by atoms with van der Waals surface area (Å²) in [5, 5.41) is 21.0. The van der Waals surface area contributed by atoms with E-state index in [9.17, 15) is 18.7 Å². The minimum absolute atomic E-state index is 0.144. The van der Waals surface area contributed by atoms with E-state index in [1.165, 1.54) is 6.07 Å². The van der Waals surface area contributed by atoms with Crippen LogP contribution in [0.4, 0.5) is 14.5 Å². The van der Waals surface area contributed by atoms with Gasteiger partial charge < -0.3 is 15.3 Å². The summed E-state index contributed by atoms with van der Waals surface area (Å²) >= 11 is 5.96. The van der Waals surface area contributed by atoms with Crippen LogP contribution in [0.3, 0.4) is 0 Å². The van der Waals surface area contributed by atoms with E-state index in [2.05, 4.69) is 10.4 Å². The number of anilines is 1. The van der Waals surface area contributed by atoms with Crippen molar-refractivity contribution in [3.8, 4) is 0 Å². The quantitative estimate of drug-likeness (QED) is 0.523. The smallest absolute Gasteiger partial charge is 0.251 e. The minimum Gasteiger partial charge on any atom is -0.381 e. The molecule has 176 valence electrons. The third kappa shape index (κ3) is 5.03. The lowest BCUT2D eigenvalue weighted by Crippen LogP contribution is -2.54. The fourth-order valence-corrected chi connectivity index (χ4v) is 3.95. The number of benzene rings is 3. The summed E-state index contributed by atoms with van der Waals surface area (Å²) in [6.07, 6.45) is 1.58. The molecule has 3 aromatic rings. The van der Waals surface area contributed by atoms with E-state index in [4.69, 9.17) is 11.6 Å². The zero-order chi connectivity index (χ0) is 24.3. The number of carbonyl (C=O) groups excluding carboxylic acids is 1. The molecule has 0 bridgehead atoms. The zero-order valence-corrected chi connectivity index (χ0v) is 19.1. The summed E-state index contributed by atoms with van der Waals surface area (Å²) in [4.78, 5) is 14.6. The van der Waals surface area contributed by atoms with Crippen LogP contribution in [0.2, 0.25) is 5.02 Å². The molecular formula is C25H23ClF2N4O2. The number of hydrogen-bond donors (Lipinski definition) is 2. The summed E-state index contributed by atoms with van der Waals surface area (Å²) in [7, 11) is 0. The molecule has 34 heavy (non-hydrogen) atoms. The van der Waals surface area contributed by atoms with Crippen LogP contribution in [0.15, 0.2) is 77.9 Å². The maximum atomic E-state index is 14.8. The third-order valence-electron chi connectivity index (χ3n) is 5.75. The second kappa shape index (κ2) is 9.79. The molecule has 4 rings (SSSR count). The lowest BCUT2D eigenvalue weighted by atomic mass is 9.86. The Balaban J connectivity index is 1.58. The first kappa shape index (κ1) is 23.7. The molecule has 2 N–H and O–H groups in total. The highest BCUT2D eigenvalue weighted by atomic mass is 35.5. The van der Waals surface area contributed by atoms with Crippen LogP contribution in [0.25, 0.3) is 0 Å². The average Bonchev–Trinajstić information content (AvgIpc) is 3.28. The normalized spacial score (nSPS) is 15.8. The van der Waals surface area contributed by atoms with Crippen LogP contribution in [0.5, 0.6) is 0 Å². The first-order valence-corrected chi connectivity index (χ1v) is 11.0. The molecule has 0 unspecified atom stereocenters. The number of halogens is 3. The van der Waals surface area contributed by atoms with Gasteiger partial charge in [-0.1, -0.05) is 35.9 Å². The van der Waals surface area contributed by atoms with Crippen molar-refractivity contribution in [3.05, 3.63) is 101 Å². The standard InChI is InChI=1S/C25H23ClF2N4O2/c1-17(30-24(33)18-5-3-2-4-6-18)25(34,22-12-9-20(27)13-23(22)28)14-32-16-31(15-29-32)21-10-7-19(26)8-11-21/h2-13,15,17,34H,14,16H2,1H3,(H,30,33)/t17-,25-/m1/s1. The van der Waals surface area contributed by atoms with Crippen molar-refractivity contribution in [2.45, 2.75) is 18.6 Å². The molecule has 9 heteroatoms. The van der Waals surface area contributed by atoms with Gasteiger partial charge in [0, 0.05) is 27.9 Å². The van der Waals surface area contributed by atoms with E-state index in [1.807, 2.05) is 17.0 Å². The highest BCUT2D eigenvalue weighted by Gasteiger charge is 2.41. The van der Waals surface area contributed by atoms with Crippen LogP contribution in [-0.2, 0) is 5.60 Å². The molecule has 6 nitrogen and oxygen atoms in total. The molecule has 0 saturated carbocycles. The van der Waals surface area contributed by atoms with Crippen molar-refractivity contribution >= 4 is 29.5 Å². The largest absolute Gasteiger partial charge is 0.381 e. The van der Waals surface area contributed by atoms with E-state index < -0.39 is 29.2 Å². The molecule has 1 aliphatic heterocycles. The Kier molecular flexibility index (Phi) is 6.81. The van der Waals surface area contributed by atoms with Gasteiger partial charge >= 0.3 is 0 Å². The number of nitrogens with one attached hydrogen (secondary N) is 1. The van der Waals surface area contributed by atoms with Crippen LogP contribution >= 0.6 is 11.6 Å².